The van der Waals surface area contributed by atoms with Gasteiger partial charge in [-0.05, 0) is 45.1 Å². The SMILES string of the molecule is CNC(C)C1(CCCOCCOC)CC1. The van der Waals surface area contributed by atoms with E-state index in [2.05, 4.69) is 19.3 Å². The molecule has 0 spiro atoms. The molecule has 3 nitrogen and oxygen atoms in total. The summed E-state index contributed by atoms with van der Waals surface area (Å²) in [4.78, 5) is 0. The van der Waals surface area contributed by atoms with Crippen molar-refractivity contribution in [2.75, 3.05) is 34.0 Å². The van der Waals surface area contributed by atoms with Crippen molar-refractivity contribution in [3.05, 3.63) is 0 Å². The van der Waals surface area contributed by atoms with Gasteiger partial charge in [0.25, 0.3) is 0 Å². The molecule has 1 fully saturated rings. The fraction of sp³-hybridized carbons (Fsp3) is 1.00. The molecular weight excluding hydrogens is 190 g/mol. The first-order valence-corrected chi connectivity index (χ1v) is 5.99. The molecule has 0 bridgehead atoms. The number of hydrogen-bond donors (Lipinski definition) is 1. The van der Waals surface area contributed by atoms with E-state index < -0.39 is 0 Å². The maximum Gasteiger partial charge on any atom is 0.0700 e. The second kappa shape index (κ2) is 6.46. The van der Waals surface area contributed by atoms with Gasteiger partial charge in [0.05, 0.1) is 13.2 Å². The summed E-state index contributed by atoms with van der Waals surface area (Å²) < 4.78 is 10.4. The van der Waals surface area contributed by atoms with Crippen LogP contribution >= 0.6 is 0 Å². The van der Waals surface area contributed by atoms with Crippen LogP contribution in [-0.4, -0.2) is 40.0 Å². The maximum atomic E-state index is 5.47. The first-order valence-electron chi connectivity index (χ1n) is 5.99. The molecule has 0 saturated heterocycles. The molecule has 1 atom stereocenters. The monoisotopic (exact) mass is 215 g/mol. The van der Waals surface area contributed by atoms with Crippen LogP contribution in [-0.2, 0) is 9.47 Å². The van der Waals surface area contributed by atoms with Gasteiger partial charge in [0.2, 0.25) is 0 Å². The first-order chi connectivity index (χ1) is 7.25. The fourth-order valence-corrected chi connectivity index (χ4v) is 2.14. The molecule has 1 aliphatic rings. The van der Waals surface area contributed by atoms with E-state index in [1.165, 1.54) is 25.7 Å². The minimum absolute atomic E-state index is 0.583. The molecule has 0 radical (unpaired) electrons. The van der Waals surface area contributed by atoms with Crippen LogP contribution < -0.4 is 5.32 Å². The predicted molar refractivity (Wildman–Crippen MR) is 62.1 cm³/mol. The molecule has 3 heteroatoms. The number of ether oxygens (including phenoxy) is 2. The van der Waals surface area contributed by atoms with Crippen LogP contribution in [0.15, 0.2) is 0 Å². The molecule has 0 heterocycles. The second-order valence-corrected chi connectivity index (χ2v) is 4.58. The van der Waals surface area contributed by atoms with Crippen LogP contribution in [0, 0.1) is 5.41 Å². The van der Waals surface area contributed by atoms with Crippen molar-refractivity contribution in [3.8, 4) is 0 Å². The Morgan fingerprint density at radius 3 is 2.53 bits per heavy atom. The van der Waals surface area contributed by atoms with Crippen molar-refractivity contribution < 1.29 is 9.47 Å². The van der Waals surface area contributed by atoms with Crippen molar-refractivity contribution in [3.63, 3.8) is 0 Å². The Labute approximate surface area is 93.5 Å². The van der Waals surface area contributed by atoms with E-state index in [4.69, 9.17) is 9.47 Å². The summed E-state index contributed by atoms with van der Waals surface area (Å²) in [6, 6.07) is 0.650. The van der Waals surface area contributed by atoms with E-state index in [0.29, 0.717) is 18.1 Å². The minimum atomic E-state index is 0.583. The van der Waals surface area contributed by atoms with E-state index >= 15 is 0 Å². The number of methoxy groups -OCH3 is 1. The lowest BCUT2D eigenvalue weighted by atomic mass is 9.92. The van der Waals surface area contributed by atoms with Gasteiger partial charge in [-0.2, -0.15) is 0 Å². The number of hydrogen-bond acceptors (Lipinski definition) is 3. The van der Waals surface area contributed by atoms with Crippen LogP contribution in [0.5, 0.6) is 0 Å². The third kappa shape index (κ3) is 4.09. The summed E-state index contributed by atoms with van der Waals surface area (Å²) in [7, 11) is 3.76. The highest BCUT2D eigenvalue weighted by atomic mass is 16.5. The van der Waals surface area contributed by atoms with Gasteiger partial charge in [0.1, 0.15) is 0 Å². The quantitative estimate of drug-likeness (QED) is 0.595. The van der Waals surface area contributed by atoms with Gasteiger partial charge < -0.3 is 14.8 Å². The summed E-state index contributed by atoms with van der Waals surface area (Å²) in [5, 5.41) is 3.37. The Hall–Kier alpha value is -0.120. The molecule has 0 amide bonds. The fourth-order valence-electron chi connectivity index (χ4n) is 2.14. The van der Waals surface area contributed by atoms with Gasteiger partial charge in [-0.1, -0.05) is 0 Å². The van der Waals surface area contributed by atoms with E-state index in [-0.39, 0.29) is 0 Å². The third-order valence-electron chi connectivity index (χ3n) is 3.64. The normalized spacial score (nSPS) is 20.2. The van der Waals surface area contributed by atoms with Crippen molar-refractivity contribution in [2.24, 2.45) is 5.41 Å². The second-order valence-electron chi connectivity index (χ2n) is 4.58. The Kier molecular flexibility index (Phi) is 5.58. The number of nitrogens with one attached hydrogen (secondary N) is 1. The topological polar surface area (TPSA) is 30.5 Å². The zero-order chi connectivity index (χ0) is 11.1. The van der Waals surface area contributed by atoms with E-state index in [9.17, 15) is 0 Å². The molecule has 1 rings (SSSR count). The Bertz CT molecular complexity index is 169. The molecule has 15 heavy (non-hydrogen) atoms. The van der Waals surface area contributed by atoms with Gasteiger partial charge in [-0.3, -0.25) is 0 Å². The molecule has 1 N–H and O–H groups in total. The summed E-state index contributed by atoms with van der Waals surface area (Å²) >= 11 is 0. The molecule has 1 saturated carbocycles. The molecule has 1 unspecified atom stereocenters. The van der Waals surface area contributed by atoms with Crippen molar-refractivity contribution >= 4 is 0 Å². The zero-order valence-corrected chi connectivity index (χ0v) is 10.3. The van der Waals surface area contributed by atoms with Crippen LogP contribution in [0.4, 0.5) is 0 Å². The summed E-state index contributed by atoms with van der Waals surface area (Å²) in [5.41, 5.74) is 0.583. The molecule has 1 aliphatic carbocycles. The lowest BCUT2D eigenvalue weighted by Crippen LogP contribution is -2.32. The van der Waals surface area contributed by atoms with Crippen molar-refractivity contribution in [1.29, 1.82) is 0 Å². The zero-order valence-electron chi connectivity index (χ0n) is 10.3. The molecular formula is C12H25NO2. The average Bonchev–Trinajstić information content (AvgIpc) is 3.03. The van der Waals surface area contributed by atoms with Gasteiger partial charge in [0, 0.05) is 19.8 Å². The molecule has 0 aromatic heterocycles. The van der Waals surface area contributed by atoms with Crippen LogP contribution in [0.2, 0.25) is 0 Å². The summed E-state index contributed by atoms with van der Waals surface area (Å²) in [6.07, 6.45) is 5.23. The van der Waals surface area contributed by atoms with Gasteiger partial charge in [-0.25, -0.2) is 0 Å². The maximum absolute atomic E-state index is 5.47. The van der Waals surface area contributed by atoms with E-state index in [1.54, 1.807) is 7.11 Å². The summed E-state index contributed by atoms with van der Waals surface area (Å²) in [6.45, 7) is 4.60. The molecule has 0 aliphatic heterocycles. The number of rotatable bonds is 9. The molecule has 0 aromatic rings. The highest BCUT2D eigenvalue weighted by Gasteiger charge is 2.45. The lowest BCUT2D eigenvalue weighted by molar-refractivity contribution is 0.0659. The Balaban J connectivity index is 2.00. The van der Waals surface area contributed by atoms with Gasteiger partial charge >= 0.3 is 0 Å². The van der Waals surface area contributed by atoms with Crippen LogP contribution in [0.1, 0.15) is 32.6 Å². The molecule has 0 aromatic carbocycles. The Morgan fingerprint density at radius 1 is 1.27 bits per heavy atom. The highest BCUT2D eigenvalue weighted by Crippen LogP contribution is 2.52. The largest absolute Gasteiger partial charge is 0.382 e. The van der Waals surface area contributed by atoms with Gasteiger partial charge in [-0.15, -0.1) is 0 Å². The van der Waals surface area contributed by atoms with E-state index in [1.807, 2.05) is 0 Å². The highest BCUT2D eigenvalue weighted by molar-refractivity contribution is 4.99. The smallest absolute Gasteiger partial charge is 0.0700 e. The van der Waals surface area contributed by atoms with E-state index in [0.717, 1.165) is 13.2 Å². The Morgan fingerprint density at radius 2 is 2.00 bits per heavy atom. The van der Waals surface area contributed by atoms with Crippen LogP contribution in [0.25, 0.3) is 0 Å². The standard InChI is InChI=1S/C12H25NO2/c1-11(13-2)12(6-7-12)5-4-8-15-10-9-14-3/h11,13H,4-10H2,1-3H3. The predicted octanol–water partition coefficient (Wildman–Crippen LogP) is 1.82. The summed E-state index contributed by atoms with van der Waals surface area (Å²) in [5.74, 6) is 0. The third-order valence-corrected chi connectivity index (χ3v) is 3.64. The minimum Gasteiger partial charge on any atom is -0.382 e. The lowest BCUT2D eigenvalue weighted by Gasteiger charge is -2.22. The van der Waals surface area contributed by atoms with Crippen LogP contribution in [0.3, 0.4) is 0 Å². The average molecular weight is 215 g/mol. The van der Waals surface area contributed by atoms with Crippen molar-refractivity contribution in [2.45, 2.75) is 38.6 Å². The molecule has 90 valence electrons. The van der Waals surface area contributed by atoms with Gasteiger partial charge in [0.15, 0.2) is 0 Å². The van der Waals surface area contributed by atoms with Crippen molar-refractivity contribution in [1.82, 2.24) is 5.32 Å². The first kappa shape index (κ1) is 12.9.